The topological polar surface area (TPSA) is 63.4 Å². The number of ether oxygens (including phenoxy) is 1. The Hall–Kier alpha value is -1.19. The van der Waals surface area contributed by atoms with E-state index in [0.717, 1.165) is 25.7 Å². The molecule has 2 fully saturated rings. The number of aryl methyl sites for hydroxylation is 1. The molecular weight excluding hydrogens is 325 g/mol. The fraction of sp³-hybridized carbons (Fsp3) is 0.867. The average molecular weight is 348 g/mol. The van der Waals surface area contributed by atoms with Gasteiger partial charge >= 0.3 is 6.18 Å². The second kappa shape index (κ2) is 7.37. The molecule has 2 atom stereocenters. The van der Waals surface area contributed by atoms with Crippen molar-refractivity contribution in [1.82, 2.24) is 20.4 Å². The first-order chi connectivity index (χ1) is 11.4. The van der Waals surface area contributed by atoms with Gasteiger partial charge in [0.1, 0.15) is 6.10 Å². The predicted molar refractivity (Wildman–Crippen MR) is 79.4 cm³/mol. The lowest BCUT2D eigenvalue weighted by Gasteiger charge is -2.33. The fourth-order valence-corrected chi connectivity index (χ4v) is 3.33. The van der Waals surface area contributed by atoms with Crippen molar-refractivity contribution in [3.8, 4) is 0 Å². The van der Waals surface area contributed by atoms with Crippen LogP contribution in [0.3, 0.4) is 0 Å². The van der Waals surface area contributed by atoms with E-state index in [4.69, 9.17) is 9.26 Å². The van der Waals surface area contributed by atoms with Crippen LogP contribution in [0, 0.1) is 6.92 Å². The summed E-state index contributed by atoms with van der Waals surface area (Å²) in [5.41, 5.74) is 0. The molecule has 24 heavy (non-hydrogen) atoms. The Bertz CT molecular complexity index is 529. The molecule has 2 aliphatic rings. The third-order valence-electron chi connectivity index (χ3n) is 4.55. The van der Waals surface area contributed by atoms with Gasteiger partial charge in [-0.1, -0.05) is 5.16 Å². The minimum Gasteiger partial charge on any atom is -0.364 e. The second-order valence-electron chi connectivity index (χ2n) is 6.58. The SMILES string of the molecule is Cc1noc([C@@H]2CC[C@H](CNC3CCN(CC(F)(F)F)CC3)O2)n1. The maximum absolute atomic E-state index is 12.4. The van der Waals surface area contributed by atoms with E-state index < -0.39 is 12.7 Å². The summed E-state index contributed by atoms with van der Waals surface area (Å²) in [6, 6.07) is 0.253. The zero-order chi connectivity index (χ0) is 17.2. The highest BCUT2D eigenvalue weighted by Gasteiger charge is 2.33. The Kier molecular flexibility index (Phi) is 5.41. The molecule has 1 aromatic heterocycles. The lowest BCUT2D eigenvalue weighted by Crippen LogP contribution is -2.46. The molecule has 3 rings (SSSR count). The number of nitrogens with zero attached hydrogens (tertiary/aromatic N) is 3. The van der Waals surface area contributed by atoms with Crippen LogP contribution < -0.4 is 5.32 Å². The molecule has 0 spiro atoms. The minimum atomic E-state index is -4.11. The number of piperidine rings is 1. The van der Waals surface area contributed by atoms with Gasteiger partial charge in [0.2, 0.25) is 0 Å². The van der Waals surface area contributed by atoms with Crippen LogP contribution in [0.1, 0.15) is 43.5 Å². The van der Waals surface area contributed by atoms with E-state index >= 15 is 0 Å². The number of rotatable bonds is 5. The molecular formula is C15H23F3N4O2. The summed E-state index contributed by atoms with van der Waals surface area (Å²) in [5, 5.41) is 7.20. The Labute approximate surface area is 138 Å². The maximum Gasteiger partial charge on any atom is 0.401 e. The van der Waals surface area contributed by atoms with Crippen LogP contribution in [-0.2, 0) is 4.74 Å². The van der Waals surface area contributed by atoms with Crippen molar-refractivity contribution < 1.29 is 22.4 Å². The van der Waals surface area contributed by atoms with Gasteiger partial charge in [-0.05, 0) is 45.7 Å². The van der Waals surface area contributed by atoms with Crippen molar-refractivity contribution in [3.63, 3.8) is 0 Å². The van der Waals surface area contributed by atoms with E-state index in [-0.39, 0.29) is 18.2 Å². The smallest absolute Gasteiger partial charge is 0.364 e. The minimum absolute atomic E-state index is 0.0791. The number of halogens is 3. The maximum atomic E-state index is 12.4. The van der Waals surface area contributed by atoms with Gasteiger partial charge in [0, 0.05) is 12.6 Å². The van der Waals surface area contributed by atoms with Crippen molar-refractivity contribution in [2.75, 3.05) is 26.2 Å². The molecule has 0 saturated carbocycles. The van der Waals surface area contributed by atoms with Gasteiger partial charge in [0.15, 0.2) is 5.82 Å². The molecule has 0 amide bonds. The van der Waals surface area contributed by atoms with Crippen molar-refractivity contribution in [2.24, 2.45) is 0 Å². The molecule has 9 heteroatoms. The Morgan fingerprint density at radius 2 is 1.96 bits per heavy atom. The highest BCUT2D eigenvalue weighted by Crippen LogP contribution is 2.31. The molecule has 0 bridgehead atoms. The van der Waals surface area contributed by atoms with Crippen molar-refractivity contribution in [2.45, 2.75) is 57.0 Å². The summed E-state index contributed by atoms with van der Waals surface area (Å²) in [6.07, 6.45) is -0.962. The lowest BCUT2D eigenvalue weighted by atomic mass is 10.0. The summed E-state index contributed by atoms with van der Waals surface area (Å²) in [5.74, 6) is 1.12. The molecule has 1 aromatic rings. The standard InChI is InChI=1S/C15H23F3N4O2/c1-10-20-14(24-21-10)13-3-2-12(23-13)8-19-11-4-6-22(7-5-11)9-15(16,17)18/h11-13,19H,2-9H2,1H3/t12-,13+/m1/s1. The normalized spacial score (nSPS) is 27.0. The van der Waals surface area contributed by atoms with Crippen LogP contribution in [0.2, 0.25) is 0 Å². The van der Waals surface area contributed by atoms with Gasteiger partial charge in [-0.2, -0.15) is 18.2 Å². The van der Waals surface area contributed by atoms with Crippen LogP contribution >= 0.6 is 0 Å². The van der Waals surface area contributed by atoms with E-state index in [2.05, 4.69) is 15.5 Å². The monoisotopic (exact) mass is 348 g/mol. The Balaban J connectivity index is 1.36. The van der Waals surface area contributed by atoms with E-state index in [1.807, 2.05) is 0 Å². The quantitative estimate of drug-likeness (QED) is 0.880. The average Bonchev–Trinajstić information content (AvgIpc) is 3.14. The molecule has 136 valence electrons. The van der Waals surface area contributed by atoms with Gasteiger partial charge in [-0.25, -0.2) is 0 Å². The molecule has 0 radical (unpaired) electrons. The zero-order valence-corrected chi connectivity index (χ0v) is 13.7. The highest BCUT2D eigenvalue weighted by molar-refractivity contribution is 4.92. The van der Waals surface area contributed by atoms with Crippen LogP contribution in [0.4, 0.5) is 13.2 Å². The van der Waals surface area contributed by atoms with Crippen LogP contribution in [0.5, 0.6) is 0 Å². The van der Waals surface area contributed by atoms with Gasteiger partial charge < -0.3 is 14.6 Å². The van der Waals surface area contributed by atoms with Crippen molar-refractivity contribution in [1.29, 1.82) is 0 Å². The van der Waals surface area contributed by atoms with Gasteiger partial charge in [0.05, 0.1) is 12.6 Å². The number of nitrogens with one attached hydrogen (secondary N) is 1. The molecule has 6 nitrogen and oxygen atoms in total. The highest BCUT2D eigenvalue weighted by atomic mass is 19.4. The second-order valence-corrected chi connectivity index (χ2v) is 6.58. The van der Waals surface area contributed by atoms with Crippen molar-refractivity contribution in [3.05, 3.63) is 11.7 Å². The summed E-state index contributed by atoms with van der Waals surface area (Å²) in [4.78, 5) is 5.66. The van der Waals surface area contributed by atoms with E-state index in [1.54, 1.807) is 6.92 Å². The van der Waals surface area contributed by atoms with E-state index in [1.165, 1.54) is 4.90 Å². The molecule has 2 aliphatic heterocycles. The number of likely N-dealkylation sites (tertiary alicyclic amines) is 1. The fourth-order valence-electron chi connectivity index (χ4n) is 3.33. The summed E-state index contributed by atoms with van der Waals surface area (Å²) in [7, 11) is 0. The van der Waals surface area contributed by atoms with E-state index in [0.29, 0.717) is 31.3 Å². The summed E-state index contributed by atoms with van der Waals surface area (Å²) < 4.78 is 48.2. The summed E-state index contributed by atoms with van der Waals surface area (Å²) >= 11 is 0. The Morgan fingerprint density at radius 3 is 2.58 bits per heavy atom. The van der Waals surface area contributed by atoms with Gasteiger partial charge in [-0.3, -0.25) is 4.90 Å². The van der Waals surface area contributed by atoms with Crippen LogP contribution in [-0.4, -0.2) is 59.5 Å². The first-order valence-corrected chi connectivity index (χ1v) is 8.37. The van der Waals surface area contributed by atoms with Gasteiger partial charge in [-0.15, -0.1) is 0 Å². The molecule has 1 N–H and O–H groups in total. The number of aromatic nitrogens is 2. The zero-order valence-electron chi connectivity index (χ0n) is 13.7. The molecule has 2 saturated heterocycles. The largest absolute Gasteiger partial charge is 0.401 e. The molecule has 0 aromatic carbocycles. The third kappa shape index (κ3) is 4.90. The summed E-state index contributed by atoms with van der Waals surface area (Å²) in [6.45, 7) is 2.62. The number of hydrogen-bond acceptors (Lipinski definition) is 6. The van der Waals surface area contributed by atoms with Gasteiger partial charge in [0.25, 0.3) is 5.89 Å². The lowest BCUT2D eigenvalue weighted by molar-refractivity contribution is -0.148. The van der Waals surface area contributed by atoms with Crippen LogP contribution in [0.15, 0.2) is 4.52 Å². The predicted octanol–water partition coefficient (Wildman–Crippen LogP) is 2.21. The Morgan fingerprint density at radius 1 is 1.21 bits per heavy atom. The third-order valence-corrected chi connectivity index (χ3v) is 4.55. The first kappa shape index (κ1) is 17.6. The molecule has 0 aliphatic carbocycles. The number of alkyl halides is 3. The number of hydrogen-bond donors (Lipinski definition) is 1. The molecule has 0 unspecified atom stereocenters. The van der Waals surface area contributed by atoms with Crippen molar-refractivity contribution >= 4 is 0 Å². The van der Waals surface area contributed by atoms with E-state index in [9.17, 15) is 13.2 Å². The molecule has 3 heterocycles. The first-order valence-electron chi connectivity index (χ1n) is 8.37. The van der Waals surface area contributed by atoms with Crippen LogP contribution in [0.25, 0.3) is 0 Å².